The molecule has 0 amide bonds. The van der Waals surface area contributed by atoms with E-state index in [1.807, 2.05) is 4.68 Å². The normalized spacial score (nSPS) is 12.1. The van der Waals surface area contributed by atoms with E-state index in [2.05, 4.69) is 24.2 Å². The van der Waals surface area contributed by atoms with Gasteiger partial charge in [0.1, 0.15) is 5.69 Å². The van der Waals surface area contributed by atoms with Crippen LogP contribution in [0.15, 0.2) is 0 Å². The van der Waals surface area contributed by atoms with Crippen LogP contribution in [-0.2, 0) is 16.8 Å². The summed E-state index contributed by atoms with van der Waals surface area (Å²) >= 11 is 17.6. The summed E-state index contributed by atoms with van der Waals surface area (Å²) in [4.78, 5) is 0. The first-order chi connectivity index (χ1) is 7.50. The van der Waals surface area contributed by atoms with E-state index in [1.54, 1.807) is 0 Å². The molecule has 0 unspecified atom stereocenters. The van der Waals surface area contributed by atoms with Crippen molar-refractivity contribution in [2.45, 2.75) is 49.9 Å². The quantitative estimate of drug-likeness (QED) is 0.769. The summed E-state index contributed by atoms with van der Waals surface area (Å²) in [6, 6.07) is 0. The Balaban J connectivity index is 2.99. The van der Waals surface area contributed by atoms with Crippen LogP contribution in [0.25, 0.3) is 0 Å². The van der Waals surface area contributed by atoms with E-state index < -0.39 is 3.79 Å². The molecule has 3 nitrogen and oxygen atoms in total. The number of aromatic nitrogens is 3. The van der Waals surface area contributed by atoms with E-state index in [-0.39, 0.29) is 0 Å². The van der Waals surface area contributed by atoms with Crippen molar-refractivity contribution in [3.05, 3.63) is 11.4 Å². The number of aryl methyl sites for hydroxylation is 1. The molecule has 0 aromatic carbocycles. The van der Waals surface area contributed by atoms with Crippen LogP contribution in [0.1, 0.15) is 44.5 Å². The predicted octanol–water partition coefficient (Wildman–Crippen LogP) is 3.86. The second kappa shape index (κ2) is 6.08. The maximum absolute atomic E-state index is 5.87. The molecule has 0 aliphatic carbocycles. The Labute approximate surface area is 111 Å². The molecule has 1 aromatic rings. The molecule has 16 heavy (non-hydrogen) atoms. The number of unbranched alkanes of at least 4 members (excludes halogenated alkanes) is 1. The highest BCUT2D eigenvalue weighted by molar-refractivity contribution is 6.66. The number of halogens is 3. The number of hydrogen-bond acceptors (Lipinski definition) is 2. The van der Waals surface area contributed by atoms with Gasteiger partial charge in [-0.25, -0.2) is 4.68 Å². The van der Waals surface area contributed by atoms with Crippen molar-refractivity contribution in [1.82, 2.24) is 15.0 Å². The van der Waals surface area contributed by atoms with Gasteiger partial charge in [-0.05, 0) is 19.3 Å². The monoisotopic (exact) mass is 283 g/mol. The predicted molar refractivity (Wildman–Crippen MR) is 68.2 cm³/mol. The van der Waals surface area contributed by atoms with E-state index in [4.69, 9.17) is 34.8 Å². The first-order valence-electron chi connectivity index (χ1n) is 5.50. The van der Waals surface area contributed by atoms with Gasteiger partial charge in [-0.15, -0.1) is 5.10 Å². The summed E-state index contributed by atoms with van der Waals surface area (Å²) in [6.45, 7) is 5.02. The highest BCUT2D eigenvalue weighted by Crippen LogP contribution is 2.39. The first-order valence-corrected chi connectivity index (χ1v) is 6.63. The molecule has 0 N–H and O–H groups in total. The van der Waals surface area contributed by atoms with Crippen LogP contribution in [0, 0.1) is 0 Å². The minimum atomic E-state index is -1.48. The molecule has 1 heterocycles. The van der Waals surface area contributed by atoms with Gasteiger partial charge in [-0.3, -0.25) is 0 Å². The van der Waals surface area contributed by atoms with Gasteiger partial charge in [0, 0.05) is 6.54 Å². The lowest BCUT2D eigenvalue weighted by atomic mass is 10.1. The Hall–Kier alpha value is 0.01000. The number of nitrogens with zero attached hydrogens (tertiary/aromatic N) is 3. The molecule has 0 fully saturated rings. The van der Waals surface area contributed by atoms with Gasteiger partial charge in [-0.1, -0.05) is 60.3 Å². The summed E-state index contributed by atoms with van der Waals surface area (Å²) in [5.74, 6) is 0. The molecule has 0 aliphatic rings. The van der Waals surface area contributed by atoms with Gasteiger partial charge in [0.2, 0.25) is 3.79 Å². The molecule has 1 rings (SSSR count). The number of hydrogen-bond donors (Lipinski definition) is 0. The lowest BCUT2D eigenvalue weighted by Crippen LogP contribution is -2.09. The fourth-order valence-electron chi connectivity index (χ4n) is 1.54. The highest BCUT2D eigenvalue weighted by Gasteiger charge is 2.31. The smallest absolute Gasteiger partial charge is 0.236 e. The topological polar surface area (TPSA) is 30.7 Å². The van der Waals surface area contributed by atoms with Crippen molar-refractivity contribution < 1.29 is 0 Å². The van der Waals surface area contributed by atoms with Crippen LogP contribution in [0.4, 0.5) is 0 Å². The van der Waals surface area contributed by atoms with Crippen LogP contribution in [0.3, 0.4) is 0 Å². The van der Waals surface area contributed by atoms with Gasteiger partial charge >= 0.3 is 0 Å². The Bertz CT molecular complexity index is 331. The third-order valence-corrected chi connectivity index (χ3v) is 2.85. The Kier molecular flexibility index (Phi) is 5.35. The van der Waals surface area contributed by atoms with Crippen molar-refractivity contribution >= 4 is 34.8 Å². The van der Waals surface area contributed by atoms with Crippen LogP contribution >= 0.6 is 34.8 Å². The van der Waals surface area contributed by atoms with Gasteiger partial charge in [0.05, 0.1) is 5.69 Å². The third kappa shape index (κ3) is 3.51. The SMILES string of the molecule is CCCCc1c(C(Cl)(Cl)Cl)nnn1CCC. The molecular formula is C10H16Cl3N3. The molecule has 0 saturated carbocycles. The summed E-state index contributed by atoms with van der Waals surface area (Å²) in [7, 11) is 0. The van der Waals surface area contributed by atoms with E-state index in [9.17, 15) is 0 Å². The summed E-state index contributed by atoms with van der Waals surface area (Å²) in [6.07, 6.45) is 3.98. The average molecular weight is 285 g/mol. The van der Waals surface area contributed by atoms with Crippen molar-refractivity contribution in [2.24, 2.45) is 0 Å². The van der Waals surface area contributed by atoms with Gasteiger partial charge in [-0.2, -0.15) is 0 Å². The lowest BCUT2D eigenvalue weighted by Gasteiger charge is -2.11. The largest absolute Gasteiger partial charge is 0.249 e. The van der Waals surface area contributed by atoms with E-state index in [0.29, 0.717) is 5.69 Å². The molecule has 0 spiro atoms. The van der Waals surface area contributed by atoms with E-state index >= 15 is 0 Å². The van der Waals surface area contributed by atoms with E-state index in [0.717, 1.165) is 37.9 Å². The van der Waals surface area contributed by atoms with Crippen LogP contribution in [0.5, 0.6) is 0 Å². The molecule has 92 valence electrons. The van der Waals surface area contributed by atoms with Crippen molar-refractivity contribution in [3.63, 3.8) is 0 Å². The summed E-state index contributed by atoms with van der Waals surface area (Å²) in [5, 5.41) is 8.01. The number of alkyl halides is 3. The molecule has 0 atom stereocenters. The second-order valence-corrected chi connectivity index (χ2v) is 5.99. The van der Waals surface area contributed by atoms with Gasteiger partial charge in [0.15, 0.2) is 0 Å². The Morgan fingerprint density at radius 1 is 1.19 bits per heavy atom. The molecule has 1 aromatic heterocycles. The van der Waals surface area contributed by atoms with Gasteiger partial charge in [0.25, 0.3) is 0 Å². The van der Waals surface area contributed by atoms with Crippen molar-refractivity contribution in [3.8, 4) is 0 Å². The molecular weight excluding hydrogens is 268 g/mol. The van der Waals surface area contributed by atoms with Crippen LogP contribution in [-0.4, -0.2) is 15.0 Å². The Morgan fingerprint density at radius 3 is 2.38 bits per heavy atom. The van der Waals surface area contributed by atoms with Crippen molar-refractivity contribution in [2.75, 3.05) is 0 Å². The summed E-state index contributed by atoms with van der Waals surface area (Å²) < 4.78 is 0.363. The van der Waals surface area contributed by atoms with Gasteiger partial charge < -0.3 is 0 Å². The molecule has 0 bridgehead atoms. The zero-order valence-electron chi connectivity index (χ0n) is 9.51. The fraction of sp³-hybridized carbons (Fsp3) is 0.800. The first kappa shape index (κ1) is 14.1. The maximum Gasteiger partial charge on any atom is 0.236 e. The zero-order valence-corrected chi connectivity index (χ0v) is 11.8. The maximum atomic E-state index is 5.87. The van der Waals surface area contributed by atoms with Crippen LogP contribution < -0.4 is 0 Å². The molecule has 6 heteroatoms. The van der Waals surface area contributed by atoms with E-state index in [1.165, 1.54) is 0 Å². The highest BCUT2D eigenvalue weighted by atomic mass is 35.6. The van der Waals surface area contributed by atoms with Crippen LogP contribution in [0.2, 0.25) is 0 Å². The van der Waals surface area contributed by atoms with Crippen molar-refractivity contribution in [1.29, 1.82) is 0 Å². The second-order valence-electron chi connectivity index (χ2n) is 3.71. The molecule has 0 saturated heterocycles. The molecule has 0 aliphatic heterocycles. The Morgan fingerprint density at radius 2 is 1.88 bits per heavy atom. The minimum absolute atomic E-state index is 0.472. The lowest BCUT2D eigenvalue weighted by molar-refractivity contribution is 0.548. The fourth-order valence-corrected chi connectivity index (χ4v) is 1.98. The average Bonchev–Trinajstić information content (AvgIpc) is 2.58. The standard InChI is InChI=1S/C10H16Cl3N3/c1-3-5-6-8-9(10(11,12)13)14-15-16(8)7-4-2/h3-7H2,1-2H3. The number of rotatable bonds is 5. The minimum Gasteiger partial charge on any atom is -0.249 e. The zero-order chi connectivity index (χ0) is 12.2. The summed E-state index contributed by atoms with van der Waals surface area (Å²) in [5.41, 5.74) is 1.42. The third-order valence-electron chi connectivity index (χ3n) is 2.31. The molecule has 0 radical (unpaired) electrons.